The number of benzene rings is 3. The van der Waals surface area contributed by atoms with Crippen LogP contribution in [0.3, 0.4) is 0 Å². The fourth-order valence-electron chi connectivity index (χ4n) is 3.04. The van der Waals surface area contributed by atoms with E-state index in [9.17, 15) is 14.3 Å². The largest absolute Gasteiger partial charge is 0.478 e. The van der Waals surface area contributed by atoms with E-state index < -0.39 is 5.97 Å². The number of nitrogens with zero attached hydrogens (tertiary/aromatic N) is 1. The summed E-state index contributed by atoms with van der Waals surface area (Å²) in [6.45, 7) is 0. The van der Waals surface area contributed by atoms with Crippen LogP contribution in [-0.4, -0.2) is 16.1 Å². The number of halogens is 1. The Kier molecular flexibility index (Phi) is 3.24. The van der Waals surface area contributed by atoms with Crippen molar-refractivity contribution in [1.29, 1.82) is 0 Å². The molecule has 1 N–H and O–H groups in total. The SMILES string of the molecule is O=C(O)c1c2ccccc2nc2cccc(-c3ccc(F)cc3)c12. The van der Waals surface area contributed by atoms with Crippen molar-refractivity contribution in [2.75, 3.05) is 0 Å². The molecule has 3 nitrogen and oxygen atoms in total. The molecule has 1 heterocycles. The molecule has 0 aliphatic carbocycles. The van der Waals surface area contributed by atoms with E-state index in [-0.39, 0.29) is 11.4 Å². The molecule has 0 aliphatic rings. The van der Waals surface area contributed by atoms with Gasteiger partial charge in [-0.3, -0.25) is 0 Å². The van der Waals surface area contributed by atoms with Gasteiger partial charge in [0.25, 0.3) is 0 Å². The van der Waals surface area contributed by atoms with Crippen LogP contribution in [0, 0.1) is 5.82 Å². The van der Waals surface area contributed by atoms with E-state index in [1.165, 1.54) is 12.1 Å². The molecule has 4 heteroatoms. The van der Waals surface area contributed by atoms with E-state index >= 15 is 0 Å². The standard InChI is InChI=1S/C20H12FNO2/c21-13-10-8-12(9-11-13)14-5-3-7-17-18(14)19(20(23)24)15-4-1-2-6-16(15)22-17/h1-11H,(H,23,24). The summed E-state index contributed by atoms with van der Waals surface area (Å²) in [6, 6.07) is 18.6. The third kappa shape index (κ3) is 2.20. The summed E-state index contributed by atoms with van der Waals surface area (Å²) in [4.78, 5) is 16.6. The number of para-hydroxylation sites is 1. The van der Waals surface area contributed by atoms with Gasteiger partial charge in [0, 0.05) is 10.8 Å². The van der Waals surface area contributed by atoms with Gasteiger partial charge in [-0.25, -0.2) is 14.2 Å². The Balaban J connectivity index is 2.18. The summed E-state index contributed by atoms with van der Waals surface area (Å²) < 4.78 is 13.2. The molecule has 0 unspecified atom stereocenters. The van der Waals surface area contributed by atoms with Gasteiger partial charge in [0.2, 0.25) is 0 Å². The lowest BCUT2D eigenvalue weighted by molar-refractivity contribution is 0.0701. The normalized spacial score (nSPS) is 11.0. The number of carbonyl (C=O) groups is 1. The second kappa shape index (κ2) is 5.42. The van der Waals surface area contributed by atoms with Crippen molar-refractivity contribution in [1.82, 2.24) is 4.98 Å². The summed E-state index contributed by atoms with van der Waals surface area (Å²) in [5.41, 5.74) is 2.94. The smallest absolute Gasteiger partial charge is 0.337 e. The average molecular weight is 317 g/mol. The van der Waals surface area contributed by atoms with Crippen LogP contribution in [0.15, 0.2) is 66.7 Å². The number of hydrogen-bond acceptors (Lipinski definition) is 2. The number of rotatable bonds is 2. The minimum absolute atomic E-state index is 0.218. The fourth-order valence-corrected chi connectivity index (χ4v) is 3.04. The fraction of sp³-hybridized carbons (Fsp3) is 0. The zero-order valence-electron chi connectivity index (χ0n) is 12.5. The van der Waals surface area contributed by atoms with E-state index in [0.29, 0.717) is 21.8 Å². The third-order valence-electron chi connectivity index (χ3n) is 4.08. The minimum Gasteiger partial charge on any atom is -0.478 e. The molecular formula is C20H12FNO2. The van der Waals surface area contributed by atoms with Gasteiger partial charge in [0.05, 0.1) is 16.6 Å². The molecule has 4 aromatic rings. The van der Waals surface area contributed by atoms with Crippen molar-refractivity contribution in [3.63, 3.8) is 0 Å². The molecule has 0 atom stereocenters. The Morgan fingerprint density at radius 3 is 2.33 bits per heavy atom. The predicted octanol–water partition coefficient (Wildman–Crippen LogP) is 4.89. The number of aromatic carboxylic acids is 1. The Labute approximate surface area is 137 Å². The van der Waals surface area contributed by atoms with Gasteiger partial charge < -0.3 is 5.11 Å². The molecule has 1 aromatic heterocycles. The van der Waals surface area contributed by atoms with Crippen LogP contribution in [0.25, 0.3) is 32.9 Å². The first kappa shape index (κ1) is 14.3. The maximum absolute atomic E-state index is 13.2. The minimum atomic E-state index is -1.01. The summed E-state index contributed by atoms with van der Waals surface area (Å²) in [7, 11) is 0. The lowest BCUT2D eigenvalue weighted by atomic mass is 9.94. The second-order valence-electron chi connectivity index (χ2n) is 5.52. The number of carboxylic acids is 1. The van der Waals surface area contributed by atoms with Crippen molar-refractivity contribution < 1.29 is 14.3 Å². The van der Waals surface area contributed by atoms with Crippen LogP contribution in [0.4, 0.5) is 4.39 Å². The van der Waals surface area contributed by atoms with Gasteiger partial charge in [-0.1, -0.05) is 42.5 Å². The molecule has 0 bridgehead atoms. The van der Waals surface area contributed by atoms with Crippen LogP contribution < -0.4 is 0 Å². The number of carboxylic acid groups (broad SMARTS) is 1. The summed E-state index contributed by atoms with van der Waals surface area (Å²) >= 11 is 0. The average Bonchev–Trinajstić information content (AvgIpc) is 2.59. The van der Waals surface area contributed by atoms with Crippen molar-refractivity contribution in [3.05, 3.63) is 78.1 Å². The monoisotopic (exact) mass is 317 g/mol. The number of aromatic nitrogens is 1. The summed E-state index contributed by atoms with van der Waals surface area (Å²) in [6.07, 6.45) is 0. The maximum Gasteiger partial charge on any atom is 0.337 e. The highest BCUT2D eigenvalue weighted by atomic mass is 19.1. The van der Waals surface area contributed by atoms with Crippen molar-refractivity contribution in [2.45, 2.75) is 0 Å². The quantitative estimate of drug-likeness (QED) is 0.535. The molecule has 3 aromatic carbocycles. The van der Waals surface area contributed by atoms with Crippen molar-refractivity contribution >= 4 is 27.8 Å². The maximum atomic E-state index is 13.2. The molecule has 0 saturated heterocycles. The van der Waals surface area contributed by atoms with E-state index in [4.69, 9.17) is 0 Å². The summed E-state index contributed by atoms with van der Waals surface area (Å²) in [5.74, 6) is -1.34. The van der Waals surface area contributed by atoms with Crippen molar-refractivity contribution in [3.8, 4) is 11.1 Å². The zero-order chi connectivity index (χ0) is 16.7. The van der Waals surface area contributed by atoms with Crippen molar-refractivity contribution in [2.24, 2.45) is 0 Å². The Morgan fingerprint density at radius 2 is 1.58 bits per heavy atom. The predicted molar refractivity (Wildman–Crippen MR) is 91.6 cm³/mol. The third-order valence-corrected chi connectivity index (χ3v) is 4.08. The van der Waals surface area contributed by atoms with E-state index in [1.54, 1.807) is 36.4 Å². The second-order valence-corrected chi connectivity index (χ2v) is 5.52. The molecular weight excluding hydrogens is 305 g/mol. The van der Waals surface area contributed by atoms with Crippen LogP contribution in [0.1, 0.15) is 10.4 Å². The Hall–Kier alpha value is -3.27. The van der Waals surface area contributed by atoms with E-state index in [1.807, 2.05) is 18.2 Å². The lowest BCUT2D eigenvalue weighted by Crippen LogP contribution is -2.02. The van der Waals surface area contributed by atoms with Crippen LogP contribution in [0.5, 0.6) is 0 Å². The van der Waals surface area contributed by atoms with Crippen LogP contribution >= 0.6 is 0 Å². The first-order chi connectivity index (χ1) is 11.6. The van der Waals surface area contributed by atoms with E-state index in [2.05, 4.69) is 4.98 Å². The molecule has 0 amide bonds. The van der Waals surface area contributed by atoms with Crippen LogP contribution in [0.2, 0.25) is 0 Å². The summed E-state index contributed by atoms with van der Waals surface area (Å²) in [5, 5.41) is 11.0. The first-order valence-electron chi connectivity index (χ1n) is 7.46. The lowest BCUT2D eigenvalue weighted by Gasteiger charge is -2.12. The molecule has 24 heavy (non-hydrogen) atoms. The van der Waals surface area contributed by atoms with Gasteiger partial charge in [-0.05, 0) is 35.4 Å². The molecule has 4 rings (SSSR count). The number of fused-ring (bicyclic) bond motifs is 2. The highest BCUT2D eigenvalue weighted by Gasteiger charge is 2.18. The van der Waals surface area contributed by atoms with Crippen LogP contribution in [-0.2, 0) is 0 Å². The van der Waals surface area contributed by atoms with Gasteiger partial charge in [-0.2, -0.15) is 0 Å². The molecule has 0 radical (unpaired) electrons. The highest BCUT2D eigenvalue weighted by molar-refractivity contribution is 6.17. The van der Waals surface area contributed by atoms with Gasteiger partial charge in [0.15, 0.2) is 0 Å². The molecule has 0 spiro atoms. The Morgan fingerprint density at radius 1 is 0.875 bits per heavy atom. The van der Waals surface area contributed by atoms with E-state index in [0.717, 1.165) is 11.1 Å². The Bertz CT molecular complexity index is 1090. The zero-order valence-corrected chi connectivity index (χ0v) is 12.5. The first-order valence-corrected chi connectivity index (χ1v) is 7.46. The van der Waals surface area contributed by atoms with Gasteiger partial charge in [0.1, 0.15) is 5.82 Å². The molecule has 0 aliphatic heterocycles. The highest BCUT2D eigenvalue weighted by Crippen LogP contribution is 2.34. The molecule has 0 saturated carbocycles. The number of hydrogen-bond donors (Lipinski definition) is 1. The van der Waals surface area contributed by atoms with Gasteiger partial charge >= 0.3 is 5.97 Å². The number of pyridine rings is 1. The molecule has 116 valence electrons. The topological polar surface area (TPSA) is 50.2 Å². The van der Waals surface area contributed by atoms with Gasteiger partial charge in [-0.15, -0.1) is 0 Å². The molecule has 0 fully saturated rings.